The molecule has 0 bridgehead atoms. The number of aliphatic hydroxyl groups is 1. The predicted molar refractivity (Wildman–Crippen MR) is 78.2 cm³/mol. The second-order valence-electron chi connectivity index (χ2n) is 4.63. The molecule has 2 rings (SSSR count). The monoisotopic (exact) mass is 280 g/mol. The lowest BCUT2D eigenvalue weighted by molar-refractivity contribution is 0.289. The van der Waals surface area contributed by atoms with Gasteiger partial charge < -0.3 is 15.7 Å². The second-order valence-corrected chi connectivity index (χ2v) is 5.67. The van der Waals surface area contributed by atoms with E-state index in [0.717, 1.165) is 30.8 Å². The number of aromatic nitrogens is 2. The van der Waals surface area contributed by atoms with Gasteiger partial charge in [0.2, 0.25) is 0 Å². The number of nitrogen functional groups attached to an aromatic ring is 1. The van der Waals surface area contributed by atoms with Crippen LogP contribution in [0.4, 0.5) is 5.82 Å². The zero-order valence-corrected chi connectivity index (χ0v) is 12.2. The van der Waals surface area contributed by atoms with Gasteiger partial charge in [-0.15, -0.1) is 11.8 Å². The van der Waals surface area contributed by atoms with Crippen LogP contribution in [0, 0.1) is 6.92 Å². The van der Waals surface area contributed by atoms with E-state index >= 15 is 0 Å². The number of anilines is 1. The molecule has 0 radical (unpaired) electrons. The number of aliphatic hydroxyl groups excluding tert-OH is 1. The van der Waals surface area contributed by atoms with Crippen LogP contribution in [0.5, 0.6) is 0 Å². The number of hydrogen-bond acceptors (Lipinski definition) is 6. The van der Waals surface area contributed by atoms with E-state index in [9.17, 15) is 0 Å². The first kappa shape index (κ1) is 14.1. The first-order chi connectivity index (χ1) is 9.11. The number of aryl methyl sites for hydroxylation is 1. The van der Waals surface area contributed by atoms with E-state index in [-0.39, 0.29) is 6.61 Å². The lowest BCUT2D eigenvalue weighted by Crippen LogP contribution is -2.18. The molecule has 6 heteroatoms. The number of thioether (sulfide) groups is 1. The van der Waals surface area contributed by atoms with E-state index in [1.807, 2.05) is 18.7 Å². The molecule has 0 aromatic carbocycles. The van der Waals surface area contributed by atoms with E-state index < -0.39 is 0 Å². The minimum absolute atomic E-state index is 0.246. The maximum Gasteiger partial charge on any atom is 0.132 e. The zero-order valence-electron chi connectivity index (χ0n) is 11.4. The third-order valence-electron chi connectivity index (χ3n) is 3.21. The van der Waals surface area contributed by atoms with Gasteiger partial charge in [0.25, 0.3) is 0 Å². The first-order valence-electron chi connectivity index (χ1n) is 6.38. The van der Waals surface area contributed by atoms with E-state index in [1.54, 1.807) is 6.20 Å². The van der Waals surface area contributed by atoms with Crippen LogP contribution in [0.2, 0.25) is 0 Å². The third-order valence-corrected chi connectivity index (χ3v) is 4.50. The Morgan fingerprint density at radius 2 is 2.26 bits per heavy atom. The van der Waals surface area contributed by atoms with Gasteiger partial charge in [-0.3, -0.25) is 0 Å². The number of nitrogens with zero attached hydrogens (tertiary/aromatic N) is 3. The first-order valence-corrected chi connectivity index (χ1v) is 7.36. The summed E-state index contributed by atoms with van der Waals surface area (Å²) >= 11 is 1.84. The summed E-state index contributed by atoms with van der Waals surface area (Å²) in [6, 6.07) is 0. The largest absolute Gasteiger partial charge is 0.396 e. The van der Waals surface area contributed by atoms with Gasteiger partial charge in [0.1, 0.15) is 11.6 Å². The van der Waals surface area contributed by atoms with E-state index in [4.69, 9.17) is 10.8 Å². The number of hydrogen-bond donors (Lipinski definition) is 2. The molecule has 5 nitrogen and oxygen atoms in total. The molecule has 0 amide bonds. The predicted octanol–water partition coefficient (Wildman–Crippen LogP) is 1.88. The Hall–Kier alpha value is -1.27. The van der Waals surface area contributed by atoms with Crippen molar-refractivity contribution in [3.8, 4) is 0 Å². The summed E-state index contributed by atoms with van der Waals surface area (Å²) in [5, 5.41) is 8.90. The molecule has 19 heavy (non-hydrogen) atoms. The molecule has 1 aliphatic heterocycles. The summed E-state index contributed by atoms with van der Waals surface area (Å²) in [6.07, 6.45) is 3.58. The van der Waals surface area contributed by atoms with Crippen molar-refractivity contribution in [1.82, 2.24) is 14.9 Å². The summed E-state index contributed by atoms with van der Waals surface area (Å²) in [5.74, 6) is 2.20. The lowest BCUT2D eigenvalue weighted by atomic mass is 10.2. The zero-order chi connectivity index (χ0) is 13.8. The van der Waals surface area contributed by atoms with Crippen LogP contribution in [0.1, 0.15) is 31.2 Å². The van der Waals surface area contributed by atoms with Crippen molar-refractivity contribution in [2.24, 2.45) is 0 Å². The van der Waals surface area contributed by atoms with E-state index in [2.05, 4.69) is 21.8 Å². The number of rotatable bonds is 5. The Bertz CT molecular complexity index is 490. The van der Waals surface area contributed by atoms with Crippen LogP contribution < -0.4 is 5.73 Å². The van der Waals surface area contributed by atoms with E-state index in [1.165, 1.54) is 10.6 Å². The molecule has 1 aromatic rings. The topological polar surface area (TPSA) is 75.3 Å². The van der Waals surface area contributed by atoms with Crippen LogP contribution in [0.25, 0.3) is 0 Å². The van der Waals surface area contributed by atoms with Gasteiger partial charge in [0, 0.05) is 35.5 Å². The summed E-state index contributed by atoms with van der Waals surface area (Å²) < 4.78 is 0. The smallest absolute Gasteiger partial charge is 0.132 e. The highest BCUT2D eigenvalue weighted by atomic mass is 32.2. The Balaban J connectivity index is 2.06. The number of allylic oxidation sites excluding steroid dienone is 2. The van der Waals surface area contributed by atoms with Gasteiger partial charge in [-0.2, -0.15) is 0 Å². The average Bonchev–Trinajstić information content (AvgIpc) is 2.72. The molecule has 0 saturated heterocycles. The highest BCUT2D eigenvalue weighted by Gasteiger charge is 2.20. The van der Waals surface area contributed by atoms with E-state index in [0.29, 0.717) is 11.6 Å². The van der Waals surface area contributed by atoms with Gasteiger partial charge >= 0.3 is 0 Å². The van der Waals surface area contributed by atoms with Crippen LogP contribution in [-0.2, 0) is 6.54 Å². The Morgan fingerprint density at radius 3 is 2.95 bits per heavy atom. The van der Waals surface area contributed by atoms with Gasteiger partial charge in [0.05, 0.1) is 5.88 Å². The normalized spacial score (nSPS) is 15.4. The minimum Gasteiger partial charge on any atom is -0.396 e. The van der Waals surface area contributed by atoms with Crippen LogP contribution in [-0.4, -0.2) is 32.5 Å². The molecular formula is C13H20N4OS. The van der Waals surface area contributed by atoms with Crippen molar-refractivity contribution in [3.63, 3.8) is 0 Å². The lowest BCUT2D eigenvalue weighted by Gasteiger charge is -2.19. The van der Waals surface area contributed by atoms with Crippen molar-refractivity contribution >= 4 is 17.6 Å². The SMILES string of the molecule is CC1=C(CCCO)SCN1Cc1cnc(C)nc1N. The number of nitrogens with two attached hydrogens (primary N) is 1. The molecule has 3 N–H and O–H groups in total. The van der Waals surface area contributed by atoms with Crippen LogP contribution in [0.15, 0.2) is 16.8 Å². The standard InChI is InChI=1S/C13H20N4OS/c1-9-12(4-3-5-18)19-8-17(9)7-11-6-15-10(2)16-13(11)14/h6,18H,3-5,7-8H2,1-2H3,(H2,14,15,16). The maximum absolute atomic E-state index is 8.90. The second kappa shape index (κ2) is 6.25. The molecule has 0 aliphatic carbocycles. The summed E-state index contributed by atoms with van der Waals surface area (Å²) in [5.41, 5.74) is 8.17. The molecule has 0 spiro atoms. The molecule has 1 aromatic heterocycles. The molecular weight excluding hydrogens is 260 g/mol. The Morgan fingerprint density at radius 1 is 1.47 bits per heavy atom. The van der Waals surface area contributed by atoms with Crippen molar-refractivity contribution in [1.29, 1.82) is 0 Å². The van der Waals surface area contributed by atoms with Crippen LogP contribution >= 0.6 is 11.8 Å². The fourth-order valence-corrected chi connectivity index (χ4v) is 3.25. The van der Waals surface area contributed by atoms with Gasteiger partial charge in [-0.05, 0) is 26.7 Å². The molecule has 0 unspecified atom stereocenters. The highest BCUT2D eigenvalue weighted by Crippen LogP contribution is 2.35. The third kappa shape index (κ3) is 3.39. The Kier molecular flexibility index (Phi) is 4.66. The van der Waals surface area contributed by atoms with Crippen molar-refractivity contribution in [3.05, 3.63) is 28.2 Å². The summed E-state index contributed by atoms with van der Waals surface area (Å²) in [6.45, 7) is 4.95. The minimum atomic E-state index is 0.246. The molecule has 2 heterocycles. The van der Waals surface area contributed by atoms with Crippen LogP contribution in [0.3, 0.4) is 0 Å². The average molecular weight is 280 g/mol. The van der Waals surface area contributed by atoms with Gasteiger partial charge in [0.15, 0.2) is 0 Å². The Labute approximate surface area is 117 Å². The quantitative estimate of drug-likeness (QED) is 0.857. The van der Waals surface area contributed by atoms with Crippen molar-refractivity contribution in [2.75, 3.05) is 18.2 Å². The van der Waals surface area contributed by atoms with Crippen molar-refractivity contribution < 1.29 is 5.11 Å². The van der Waals surface area contributed by atoms with Gasteiger partial charge in [-0.1, -0.05) is 0 Å². The molecule has 0 fully saturated rings. The summed E-state index contributed by atoms with van der Waals surface area (Å²) in [4.78, 5) is 12.0. The molecule has 0 atom stereocenters. The molecule has 104 valence electrons. The summed E-state index contributed by atoms with van der Waals surface area (Å²) in [7, 11) is 0. The van der Waals surface area contributed by atoms with Gasteiger partial charge in [-0.25, -0.2) is 9.97 Å². The maximum atomic E-state index is 8.90. The molecule has 1 aliphatic rings. The fourth-order valence-electron chi connectivity index (χ4n) is 2.03. The molecule has 0 saturated carbocycles. The fraction of sp³-hybridized carbons (Fsp3) is 0.538. The highest BCUT2D eigenvalue weighted by molar-refractivity contribution is 8.03. The van der Waals surface area contributed by atoms with Crippen molar-refractivity contribution in [2.45, 2.75) is 33.2 Å².